The van der Waals surface area contributed by atoms with Crippen LogP contribution in [0.1, 0.15) is 23.0 Å². The van der Waals surface area contributed by atoms with Crippen LogP contribution in [0.4, 0.5) is 5.13 Å². The Morgan fingerprint density at radius 3 is 2.88 bits per heavy atom. The van der Waals surface area contributed by atoms with Crippen LogP contribution >= 0.6 is 22.9 Å². The van der Waals surface area contributed by atoms with Gasteiger partial charge in [-0.1, -0.05) is 13.0 Å². The summed E-state index contributed by atoms with van der Waals surface area (Å²) in [4.78, 5) is 17.1. The Morgan fingerprint density at radius 2 is 2.16 bits per heavy atom. The maximum Gasteiger partial charge on any atom is 0.267 e. The van der Waals surface area contributed by atoms with E-state index in [1.54, 1.807) is 13.2 Å². The Hall–Kier alpha value is -2.45. The van der Waals surface area contributed by atoms with Gasteiger partial charge in [0.2, 0.25) is 5.13 Å². The normalized spacial score (nSPS) is 10.5. The molecule has 1 aromatic carbocycles. The van der Waals surface area contributed by atoms with Gasteiger partial charge in [0.25, 0.3) is 5.91 Å². The molecular formula is C17H17N3O3S2. The number of benzene rings is 1. The van der Waals surface area contributed by atoms with Gasteiger partial charge in [-0.05, 0) is 36.1 Å². The van der Waals surface area contributed by atoms with Crippen molar-refractivity contribution < 1.29 is 14.3 Å². The van der Waals surface area contributed by atoms with Crippen molar-refractivity contribution in [1.82, 2.24) is 9.36 Å². The highest BCUT2D eigenvalue weighted by Crippen LogP contribution is 2.32. The molecular weight excluding hydrogens is 358 g/mol. The minimum atomic E-state index is -0.182. The lowest BCUT2D eigenvalue weighted by Crippen LogP contribution is -2.09. The van der Waals surface area contributed by atoms with E-state index in [1.807, 2.05) is 36.6 Å². The van der Waals surface area contributed by atoms with E-state index in [0.717, 1.165) is 23.5 Å². The second kappa shape index (κ2) is 8.09. The second-order valence-electron chi connectivity index (χ2n) is 5.07. The number of hydrogen-bond donors (Lipinski definition) is 1. The van der Waals surface area contributed by atoms with E-state index < -0.39 is 0 Å². The molecule has 0 saturated carbocycles. The van der Waals surface area contributed by atoms with Crippen LogP contribution < -0.4 is 14.8 Å². The average molecular weight is 375 g/mol. The number of rotatable bonds is 7. The SMILES string of the molecule is CCCOc1ccc(-c2nsc(NC(=O)c3cccs3)n2)cc1OC. The molecule has 0 fully saturated rings. The zero-order valence-corrected chi connectivity index (χ0v) is 15.4. The molecule has 0 aliphatic heterocycles. The van der Waals surface area contributed by atoms with E-state index >= 15 is 0 Å². The summed E-state index contributed by atoms with van der Waals surface area (Å²) in [6.45, 7) is 2.68. The molecule has 0 unspecified atom stereocenters. The molecule has 25 heavy (non-hydrogen) atoms. The summed E-state index contributed by atoms with van der Waals surface area (Å²) in [7, 11) is 1.60. The van der Waals surface area contributed by atoms with Gasteiger partial charge in [0.05, 0.1) is 18.6 Å². The Morgan fingerprint density at radius 1 is 1.28 bits per heavy atom. The Kier molecular flexibility index (Phi) is 5.62. The third-order valence-corrected chi connectivity index (χ3v) is 4.77. The van der Waals surface area contributed by atoms with Crippen molar-refractivity contribution in [3.8, 4) is 22.9 Å². The number of nitrogens with one attached hydrogen (secondary N) is 1. The standard InChI is InChI=1S/C17H17N3O3S2/c1-3-8-23-12-7-6-11(10-13(12)22-2)15-18-17(25-20-15)19-16(21)14-5-4-9-24-14/h4-7,9-10H,3,8H2,1-2H3,(H,18,19,20,21). The number of amides is 1. The highest BCUT2D eigenvalue weighted by Gasteiger charge is 2.14. The van der Waals surface area contributed by atoms with E-state index in [9.17, 15) is 4.79 Å². The Bertz CT molecular complexity index is 847. The highest BCUT2D eigenvalue weighted by molar-refractivity contribution is 7.12. The number of hydrogen-bond acceptors (Lipinski definition) is 7. The van der Waals surface area contributed by atoms with Gasteiger partial charge >= 0.3 is 0 Å². The van der Waals surface area contributed by atoms with Gasteiger partial charge in [0, 0.05) is 17.1 Å². The quantitative estimate of drug-likeness (QED) is 0.666. The summed E-state index contributed by atoms with van der Waals surface area (Å²) < 4.78 is 15.3. The zero-order valence-electron chi connectivity index (χ0n) is 13.8. The molecule has 0 bridgehead atoms. The molecule has 0 aliphatic rings. The predicted molar refractivity (Wildman–Crippen MR) is 100.0 cm³/mol. The number of methoxy groups -OCH3 is 1. The van der Waals surface area contributed by atoms with Crippen molar-refractivity contribution >= 4 is 33.9 Å². The molecule has 8 heteroatoms. The van der Waals surface area contributed by atoms with Crippen LogP contribution in [0.25, 0.3) is 11.4 Å². The van der Waals surface area contributed by atoms with E-state index in [4.69, 9.17) is 9.47 Å². The van der Waals surface area contributed by atoms with Gasteiger partial charge in [0.15, 0.2) is 17.3 Å². The number of carbonyl (C=O) groups excluding carboxylic acids is 1. The maximum absolute atomic E-state index is 12.1. The summed E-state index contributed by atoms with van der Waals surface area (Å²) >= 11 is 2.52. The topological polar surface area (TPSA) is 73.3 Å². The van der Waals surface area contributed by atoms with E-state index in [2.05, 4.69) is 14.7 Å². The van der Waals surface area contributed by atoms with Crippen molar-refractivity contribution in [2.24, 2.45) is 0 Å². The first-order valence-corrected chi connectivity index (χ1v) is 9.36. The lowest BCUT2D eigenvalue weighted by atomic mass is 10.2. The monoisotopic (exact) mass is 375 g/mol. The lowest BCUT2D eigenvalue weighted by molar-refractivity contribution is 0.103. The molecule has 1 amide bonds. The molecule has 0 aliphatic carbocycles. The van der Waals surface area contributed by atoms with Gasteiger partial charge in [-0.15, -0.1) is 11.3 Å². The molecule has 6 nitrogen and oxygen atoms in total. The van der Waals surface area contributed by atoms with Crippen molar-refractivity contribution in [2.75, 3.05) is 19.0 Å². The van der Waals surface area contributed by atoms with Crippen LogP contribution in [0.5, 0.6) is 11.5 Å². The molecule has 2 aromatic heterocycles. The number of anilines is 1. The van der Waals surface area contributed by atoms with Crippen LogP contribution in [-0.4, -0.2) is 29.0 Å². The summed E-state index contributed by atoms with van der Waals surface area (Å²) in [5.41, 5.74) is 0.800. The fourth-order valence-electron chi connectivity index (χ4n) is 2.10. The maximum atomic E-state index is 12.1. The number of aromatic nitrogens is 2. The molecule has 0 saturated heterocycles. The van der Waals surface area contributed by atoms with Crippen LogP contribution in [0.15, 0.2) is 35.7 Å². The van der Waals surface area contributed by atoms with E-state index in [0.29, 0.717) is 33.9 Å². The summed E-state index contributed by atoms with van der Waals surface area (Å²) in [5.74, 6) is 1.67. The number of nitrogens with zero attached hydrogens (tertiary/aromatic N) is 2. The van der Waals surface area contributed by atoms with Crippen LogP contribution in [0.3, 0.4) is 0 Å². The summed E-state index contributed by atoms with van der Waals surface area (Å²) in [5, 5.41) is 5.08. The summed E-state index contributed by atoms with van der Waals surface area (Å²) in [6, 6.07) is 9.15. The second-order valence-corrected chi connectivity index (χ2v) is 6.77. The zero-order chi connectivity index (χ0) is 17.6. The van der Waals surface area contributed by atoms with Crippen LogP contribution in [0.2, 0.25) is 0 Å². The molecule has 2 heterocycles. The summed E-state index contributed by atoms with van der Waals surface area (Å²) in [6.07, 6.45) is 0.922. The largest absolute Gasteiger partial charge is 0.493 e. The van der Waals surface area contributed by atoms with Gasteiger partial charge in [-0.3, -0.25) is 10.1 Å². The van der Waals surface area contributed by atoms with Gasteiger partial charge in [-0.2, -0.15) is 9.36 Å². The Labute approximate surface area is 153 Å². The molecule has 3 aromatic rings. The molecule has 130 valence electrons. The number of ether oxygens (including phenoxy) is 2. The fourth-order valence-corrected chi connectivity index (χ4v) is 3.30. The Balaban J connectivity index is 1.76. The number of thiophene rings is 1. The predicted octanol–water partition coefficient (Wildman–Crippen LogP) is 4.32. The molecule has 1 N–H and O–H groups in total. The van der Waals surface area contributed by atoms with Crippen molar-refractivity contribution in [1.29, 1.82) is 0 Å². The lowest BCUT2D eigenvalue weighted by Gasteiger charge is -2.10. The first kappa shape index (κ1) is 17.4. The van der Waals surface area contributed by atoms with Crippen molar-refractivity contribution in [3.63, 3.8) is 0 Å². The highest BCUT2D eigenvalue weighted by atomic mass is 32.1. The van der Waals surface area contributed by atoms with Crippen LogP contribution in [-0.2, 0) is 0 Å². The van der Waals surface area contributed by atoms with Gasteiger partial charge in [0.1, 0.15) is 0 Å². The van der Waals surface area contributed by atoms with Gasteiger partial charge in [-0.25, -0.2) is 0 Å². The first-order valence-electron chi connectivity index (χ1n) is 7.71. The molecule has 0 radical (unpaired) electrons. The van der Waals surface area contributed by atoms with Crippen LogP contribution in [0, 0.1) is 0 Å². The minimum Gasteiger partial charge on any atom is -0.493 e. The molecule has 3 rings (SSSR count). The van der Waals surface area contributed by atoms with Crippen molar-refractivity contribution in [3.05, 3.63) is 40.6 Å². The first-order chi connectivity index (χ1) is 12.2. The molecule has 0 atom stereocenters. The third-order valence-electron chi connectivity index (χ3n) is 3.27. The minimum absolute atomic E-state index is 0.182. The van der Waals surface area contributed by atoms with E-state index in [1.165, 1.54) is 11.3 Å². The fraction of sp³-hybridized carbons (Fsp3) is 0.235. The average Bonchev–Trinajstić information content (AvgIpc) is 3.31. The smallest absolute Gasteiger partial charge is 0.267 e. The molecule has 0 spiro atoms. The van der Waals surface area contributed by atoms with E-state index in [-0.39, 0.29) is 5.91 Å². The van der Waals surface area contributed by atoms with Crippen molar-refractivity contribution in [2.45, 2.75) is 13.3 Å². The third kappa shape index (κ3) is 4.15. The van der Waals surface area contributed by atoms with Gasteiger partial charge < -0.3 is 9.47 Å². The number of carbonyl (C=O) groups is 1.